The van der Waals surface area contributed by atoms with E-state index in [9.17, 15) is 30.6 Å². The van der Waals surface area contributed by atoms with Crippen molar-refractivity contribution in [3.05, 3.63) is 23.8 Å². The highest BCUT2D eigenvalue weighted by molar-refractivity contribution is 5.37. The second-order valence-electron chi connectivity index (χ2n) is 9.52. The van der Waals surface area contributed by atoms with Crippen LogP contribution in [0.4, 0.5) is 0 Å². The summed E-state index contributed by atoms with van der Waals surface area (Å²) in [6, 6.07) is 0. The van der Waals surface area contributed by atoms with Crippen LogP contribution in [0.15, 0.2) is 23.8 Å². The first-order chi connectivity index (χ1) is 15.1. The molecule has 10 heteroatoms. The molecule has 2 aliphatic carbocycles. The maximum atomic E-state index is 11.8. The zero-order valence-corrected chi connectivity index (χ0v) is 18.3. The van der Waals surface area contributed by atoms with Crippen LogP contribution in [0.5, 0.6) is 0 Å². The summed E-state index contributed by atoms with van der Waals surface area (Å²) >= 11 is 0. The zero-order valence-electron chi connectivity index (χ0n) is 18.3. The number of hydrogen-bond acceptors (Lipinski definition) is 10. The Morgan fingerprint density at radius 2 is 1.88 bits per heavy atom. The van der Waals surface area contributed by atoms with E-state index in [1.165, 1.54) is 7.11 Å². The first-order valence-electron chi connectivity index (χ1n) is 10.9. The van der Waals surface area contributed by atoms with Gasteiger partial charge in [0, 0.05) is 24.4 Å². The lowest BCUT2D eigenvalue weighted by atomic mass is 9.49. The van der Waals surface area contributed by atoms with E-state index in [2.05, 4.69) is 6.58 Å². The zero-order chi connectivity index (χ0) is 23.4. The highest BCUT2D eigenvalue weighted by Crippen LogP contribution is 2.61. The summed E-state index contributed by atoms with van der Waals surface area (Å²) in [5.74, 6) is -0.793. The maximum Gasteiger partial charge on any atom is 0.186 e. The molecule has 2 heterocycles. The van der Waals surface area contributed by atoms with Crippen LogP contribution in [0.2, 0.25) is 0 Å². The van der Waals surface area contributed by atoms with Gasteiger partial charge in [-0.05, 0) is 24.0 Å². The minimum atomic E-state index is -1.55. The minimum Gasteiger partial charge on any atom is -0.394 e. The van der Waals surface area contributed by atoms with Crippen molar-refractivity contribution in [3.63, 3.8) is 0 Å². The smallest absolute Gasteiger partial charge is 0.186 e. The molecule has 1 saturated carbocycles. The van der Waals surface area contributed by atoms with Crippen molar-refractivity contribution in [3.8, 4) is 0 Å². The molecule has 0 aromatic carbocycles. The molecule has 2 saturated heterocycles. The van der Waals surface area contributed by atoms with Crippen molar-refractivity contribution >= 4 is 0 Å². The van der Waals surface area contributed by atoms with Crippen LogP contribution >= 0.6 is 0 Å². The number of hydrogen-bond donors (Lipinski definition) is 6. The molecule has 0 aromatic rings. The number of fused-ring (bicyclic) bond motifs is 3. The molecule has 0 aromatic heterocycles. The Morgan fingerprint density at radius 1 is 1.16 bits per heavy atom. The van der Waals surface area contributed by atoms with Crippen LogP contribution < -0.4 is 0 Å². The summed E-state index contributed by atoms with van der Waals surface area (Å²) in [7, 11) is 1.53. The van der Waals surface area contributed by atoms with E-state index < -0.39 is 66.6 Å². The van der Waals surface area contributed by atoms with Crippen LogP contribution in [0.3, 0.4) is 0 Å². The molecule has 0 spiro atoms. The van der Waals surface area contributed by atoms with Gasteiger partial charge < -0.3 is 49.6 Å². The van der Waals surface area contributed by atoms with Gasteiger partial charge in [0.15, 0.2) is 12.6 Å². The van der Waals surface area contributed by atoms with Crippen molar-refractivity contribution < 1.29 is 49.6 Å². The third-order valence-corrected chi connectivity index (χ3v) is 8.05. The Hall–Kier alpha value is -0.920. The monoisotopic (exact) mass is 458 g/mol. The first kappa shape index (κ1) is 24.2. The number of aliphatic hydroxyl groups is 6. The number of rotatable bonds is 5. The van der Waals surface area contributed by atoms with Crippen LogP contribution in [-0.4, -0.2) is 106 Å². The van der Waals surface area contributed by atoms with Gasteiger partial charge >= 0.3 is 0 Å². The quantitative estimate of drug-likeness (QED) is 0.266. The Labute approximate surface area is 186 Å². The molecular weight excluding hydrogens is 424 g/mol. The molecule has 32 heavy (non-hydrogen) atoms. The van der Waals surface area contributed by atoms with Gasteiger partial charge in [-0.1, -0.05) is 19.6 Å². The molecule has 3 fully saturated rings. The van der Waals surface area contributed by atoms with Crippen molar-refractivity contribution in [2.75, 3.05) is 26.9 Å². The van der Waals surface area contributed by atoms with E-state index in [0.29, 0.717) is 12.2 Å². The third kappa shape index (κ3) is 3.40. The SMILES string of the molecule is C=C1[C@@H](CO[C@@H]2O[C@H](CO)[C@@H](O)[C@H](O)[C@H]2O)C[C@@H](O)[C@]2(C)[C@@H]3C(=CC[C@@]12O)CO[C@H]3OC. The first-order valence-corrected chi connectivity index (χ1v) is 10.9. The average Bonchev–Trinajstić information content (AvgIpc) is 3.21. The molecule has 4 rings (SSSR count). The van der Waals surface area contributed by atoms with E-state index in [1.807, 2.05) is 13.0 Å². The summed E-state index contributed by atoms with van der Waals surface area (Å²) in [5, 5.41) is 62.5. The normalized spacial score (nSPS) is 51.2. The maximum absolute atomic E-state index is 11.8. The van der Waals surface area contributed by atoms with Crippen molar-refractivity contribution in [1.29, 1.82) is 0 Å². The van der Waals surface area contributed by atoms with Gasteiger partial charge in [-0.25, -0.2) is 0 Å². The number of aliphatic hydroxyl groups excluding tert-OH is 5. The Kier molecular flexibility index (Phi) is 6.58. The molecule has 2 aliphatic heterocycles. The molecule has 0 unspecified atom stereocenters. The molecule has 4 aliphatic rings. The van der Waals surface area contributed by atoms with E-state index in [-0.39, 0.29) is 25.4 Å². The van der Waals surface area contributed by atoms with Gasteiger partial charge in [-0.2, -0.15) is 0 Å². The summed E-state index contributed by atoms with van der Waals surface area (Å²) < 4.78 is 22.3. The summed E-state index contributed by atoms with van der Waals surface area (Å²) in [4.78, 5) is 0. The lowest BCUT2D eigenvalue weighted by Gasteiger charge is -2.59. The topological polar surface area (TPSA) is 158 Å². The lowest BCUT2D eigenvalue weighted by molar-refractivity contribution is -0.304. The minimum absolute atomic E-state index is 0.0532. The fourth-order valence-corrected chi connectivity index (χ4v) is 5.89. The molecule has 0 amide bonds. The second kappa shape index (κ2) is 8.70. The molecule has 10 nitrogen and oxygen atoms in total. The van der Waals surface area contributed by atoms with Crippen LogP contribution in [0.25, 0.3) is 0 Å². The molecule has 11 atom stereocenters. The summed E-state index contributed by atoms with van der Waals surface area (Å²) in [5.41, 5.74) is -0.934. The number of methoxy groups -OCH3 is 1. The highest BCUT2D eigenvalue weighted by Gasteiger charge is 2.66. The Morgan fingerprint density at radius 3 is 2.53 bits per heavy atom. The van der Waals surface area contributed by atoms with Gasteiger partial charge in [0.25, 0.3) is 0 Å². The van der Waals surface area contributed by atoms with E-state index in [0.717, 1.165) is 5.57 Å². The van der Waals surface area contributed by atoms with Crippen LogP contribution in [0.1, 0.15) is 19.8 Å². The van der Waals surface area contributed by atoms with Crippen molar-refractivity contribution in [2.24, 2.45) is 17.3 Å². The van der Waals surface area contributed by atoms with Gasteiger partial charge in [0.1, 0.15) is 24.4 Å². The summed E-state index contributed by atoms with van der Waals surface area (Å²) in [6.45, 7) is 5.76. The molecule has 0 radical (unpaired) electrons. The van der Waals surface area contributed by atoms with Gasteiger partial charge in [0.2, 0.25) is 0 Å². The lowest BCUT2D eigenvalue weighted by Crippen LogP contribution is -2.66. The van der Waals surface area contributed by atoms with Crippen molar-refractivity contribution in [2.45, 2.75) is 68.5 Å². The Bertz CT molecular complexity index is 755. The Balaban J connectivity index is 1.52. The van der Waals surface area contributed by atoms with Crippen LogP contribution in [-0.2, 0) is 18.9 Å². The molecular formula is C22H34O10. The van der Waals surface area contributed by atoms with Gasteiger partial charge in [-0.15, -0.1) is 0 Å². The summed E-state index contributed by atoms with van der Waals surface area (Å²) in [6.07, 6.45) is -6.00. The average molecular weight is 459 g/mol. The fraction of sp³-hybridized carbons (Fsp3) is 0.818. The molecule has 182 valence electrons. The van der Waals surface area contributed by atoms with Crippen molar-refractivity contribution in [1.82, 2.24) is 0 Å². The highest BCUT2D eigenvalue weighted by atomic mass is 16.7. The molecule has 6 N–H and O–H groups in total. The second-order valence-corrected chi connectivity index (χ2v) is 9.52. The van der Waals surface area contributed by atoms with Crippen LogP contribution in [0, 0.1) is 17.3 Å². The predicted octanol–water partition coefficient (Wildman–Crippen LogP) is -1.57. The largest absolute Gasteiger partial charge is 0.394 e. The number of ether oxygens (including phenoxy) is 4. The van der Waals surface area contributed by atoms with E-state index in [1.54, 1.807) is 0 Å². The molecule has 0 bridgehead atoms. The van der Waals surface area contributed by atoms with E-state index >= 15 is 0 Å². The fourth-order valence-electron chi connectivity index (χ4n) is 5.89. The standard InChI is InChI=1S/C22H34O10/c1-10-12(9-31-20-18(27)17(26)16(25)13(7-23)32-20)6-14(24)21(2)15-11(4-5-22(10,21)28)8-30-19(15)29-3/h4,12-20,23-28H,1,5-9H2,2-3H3/t12-,13-,14-,15-,16-,17+,18-,19-,20-,21-,22-/m1/s1. The predicted molar refractivity (Wildman–Crippen MR) is 109 cm³/mol. The van der Waals surface area contributed by atoms with Gasteiger partial charge in [0.05, 0.1) is 31.5 Å². The van der Waals surface area contributed by atoms with E-state index in [4.69, 9.17) is 18.9 Å². The van der Waals surface area contributed by atoms with Gasteiger partial charge in [-0.3, -0.25) is 0 Å². The third-order valence-electron chi connectivity index (χ3n) is 8.05.